The summed E-state index contributed by atoms with van der Waals surface area (Å²) >= 11 is 0. The van der Waals surface area contributed by atoms with E-state index in [4.69, 9.17) is 29.9 Å². The fourth-order valence-corrected chi connectivity index (χ4v) is 1.74. The van der Waals surface area contributed by atoms with Gasteiger partial charge in [0, 0.05) is 6.07 Å². The molecule has 0 aliphatic rings. The second-order valence-electron chi connectivity index (χ2n) is 4.04. The van der Waals surface area contributed by atoms with Crippen LogP contribution in [0.1, 0.15) is 0 Å². The average molecular weight is 382 g/mol. The number of hydrogen-bond donors (Lipinski definition) is 2. The maximum atomic E-state index is 8.82. The smallest absolute Gasteiger partial charge is 0.426 e. The molecule has 2 N–H and O–H groups in total. The summed E-state index contributed by atoms with van der Waals surface area (Å²) in [7, 11) is 0.757. The third-order valence-corrected chi connectivity index (χ3v) is 2.69. The maximum absolute atomic E-state index is 8.82. The van der Waals surface area contributed by atoms with Crippen LogP contribution in [-0.2, 0) is 0 Å². The van der Waals surface area contributed by atoms with Gasteiger partial charge in [0.2, 0.25) is 11.1 Å². The monoisotopic (exact) mass is 382 g/mol. The highest BCUT2D eigenvalue weighted by molar-refractivity contribution is 6.28. The van der Waals surface area contributed by atoms with Gasteiger partial charge in [0.15, 0.2) is 4.98 Å². The molecule has 0 radical (unpaired) electrons. The van der Waals surface area contributed by atoms with Crippen LogP contribution in [0.25, 0.3) is 16.1 Å². The Kier molecular flexibility index (Phi) is 18.6. The molecule has 2 aromatic rings. The van der Waals surface area contributed by atoms with Crippen LogP contribution in [0.4, 0.5) is 24.5 Å². The largest absolute Gasteiger partial charge is 0.832 e. The molecule has 0 saturated heterocycles. The molecular formula is C14H19BF4N2O5. The molecule has 0 atom stereocenters. The number of diazo groups is 1. The first-order chi connectivity index (χ1) is 10.5. The predicted octanol–water partition coefficient (Wildman–Crippen LogP) is 1.78. The van der Waals surface area contributed by atoms with E-state index in [9.17, 15) is 0 Å². The van der Waals surface area contributed by atoms with Gasteiger partial charge in [-0.1, -0.05) is 12.1 Å². The van der Waals surface area contributed by atoms with Gasteiger partial charge in [-0.3, -0.25) is 18.8 Å². The van der Waals surface area contributed by atoms with E-state index in [0.29, 0.717) is 11.4 Å². The number of ether oxygens (including phenoxy) is 2. The van der Waals surface area contributed by atoms with Crippen LogP contribution in [0.2, 0.25) is 0 Å². The van der Waals surface area contributed by atoms with Crippen molar-refractivity contribution >= 4 is 13.0 Å². The van der Waals surface area contributed by atoms with E-state index in [1.165, 1.54) is 0 Å². The summed E-state index contributed by atoms with van der Waals surface area (Å²) in [5.74, 6) is 1.32. The summed E-state index contributed by atoms with van der Waals surface area (Å²) in [4.78, 5) is 3.16. The third-order valence-electron chi connectivity index (χ3n) is 2.69. The highest BCUT2D eigenvalue weighted by atomic mass is 19.0. The van der Waals surface area contributed by atoms with Crippen molar-refractivity contribution in [2.75, 3.05) is 14.2 Å². The molecule has 2 aromatic carbocycles. The zero-order valence-corrected chi connectivity index (χ0v) is 13.8. The van der Waals surface area contributed by atoms with Gasteiger partial charge in [-0.2, -0.15) is 0 Å². The number of methoxy groups -OCH3 is 2. The van der Waals surface area contributed by atoms with Crippen molar-refractivity contribution in [3.8, 4) is 22.6 Å². The topological polar surface area (TPSA) is 110 Å². The van der Waals surface area contributed by atoms with Crippen LogP contribution in [-0.4, -0.2) is 31.6 Å². The van der Waals surface area contributed by atoms with Crippen molar-refractivity contribution in [3.63, 3.8) is 0 Å². The molecule has 0 aromatic heterocycles. The molecule has 0 amide bonds. The molecule has 0 heterocycles. The van der Waals surface area contributed by atoms with E-state index in [1.54, 1.807) is 20.3 Å². The Morgan fingerprint density at radius 2 is 1.46 bits per heavy atom. The SMILES string of the molecule is COc1cccc(-c2ccc([N+]#N)c(OC)c2)c1.F.F.F.F.[O-]B(O)O. The van der Waals surface area contributed by atoms with Crippen molar-refractivity contribution in [3.05, 3.63) is 47.4 Å². The Hall–Kier alpha value is -2.88. The van der Waals surface area contributed by atoms with E-state index in [0.717, 1.165) is 16.9 Å². The van der Waals surface area contributed by atoms with E-state index >= 15 is 0 Å². The van der Waals surface area contributed by atoms with Gasteiger partial charge in [0.05, 0.1) is 14.2 Å². The summed E-state index contributed by atoms with van der Waals surface area (Å²) in [6.07, 6.45) is 0. The van der Waals surface area contributed by atoms with Crippen LogP contribution in [0.3, 0.4) is 0 Å². The van der Waals surface area contributed by atoms with E-state index in [1.807, 2.05) is 36.4 Å². The molecule has 26 heavy (non-hydrogen) atoms. The van der Waals surface area contributed by atoms with Crippen LogP contribution in [0, 0.1) is 5.39 Å². The first kappa shape index (κ1) is 30.9. The first-order valence-electron chi connectivity index (χ1n) is 6.21. The van der Waals surface area contributed by atoms with E-state index < -0.39 is 7.32 Å². The summed E-state index contributed by atoms with van der Waals surface area (Å²) in [5, 5.41) is 31.6. The summed E-state index contributed by atoms with van der Waals surface area (Å²) in [6.45, 7) is 0. The van der Waals surface area contributed by atoms with Gasteiger partial charge in [0.25, 0.3) is 0 Å². The van der Waals surface area contributed by atoms with Gasteiger partial charge in [0.1, 0.15) is 5.75 Å². The average Bonchev–Trinajstić information content (AvgIpc) is 2.53. The lowest BCUT2D eigenvalue weighted by Crippen LogP contribution is -2.29. The zero-order valence-electron chi connectivity index (χ0n) is 13.8. The van der Waals surface area contributed by atoms with Gasteiger partial charge in [-0.15, -0.1) is 0 Å². The molecule has 0 fully saturated rings. The molecule has 0 saturated carbocycles. The van der Waals surface area contributed by atoms with Crippen molar-refractivity contribution in [2.45, 2.75) is 0 Å². The lowest BCUT2D eigenvalue weighted by Gasteiger charge is -2.05. The minimum atomic E-state index is -2.42. The molecule has 0 spiro atoms. The molecule has 0 aliphatic heterocycles. The highest BCUT2D eigenvalue weighted by Crippen LogP contribution is 2.33. The predicted molar refractivity (Wildman–Crippen MR) is 89.9 cm³/mol. The molecule has 0 aliphatic carbocycles. The molecule has 2 rings (SSSR count). The molecule has 0 unspecified atom stereocenters. The summed E-state index contributed by atoms with van der Waals surface area (Å²) < 4.78 is 10.4. The van der Waals surface area contributed by atoms with Crippen LogP contribution in [0.15, 0.2) is 42.5 Å². The van der Waals surface area contributed by atoms with Crippen molar-refractivity contribution < 1.29 is 43.4 Å². The minimum absolute atomic E-state index is 0. The second-order valence-corrected chi connectivity index (χ2v) is 4.04. The summed E-state index contributed by atoms with van der Waals surface area (Å²) in [6, 6.07) is 13.1. The Morgan fingerprint density at radius 3 is 1.92 bits per heavy atom. The number of nitrogens with zero attached hydrogens (tertiary/aromatic N) is 2. The quantitative estimate of drug-likeness (QED) is 0.476. The second kappa shape index (κ2) is 15.6. The Labute approximate surface area is 147 Å². The lowest BCUT2D eigenvalue weighted by atomic mass is 10.0. The van der Waals surface area contributed by atoms with Crippen LogP contribution >= 0.6 is 0 Å². The Bertz CT molecular complexity index is 671. The zero-order chi connectivity index (χ0) is 16.5. The van der Waals surface area contributed by atoms with Gasteiger partial charge < -0.3 is 24.5 Å². The third kappa shape index (κ3) is 9.43. The number of hydrogen-bond acceptors (Lipinski definition) is 6. The van der Waals surface area contributed by atoms with Gasteiger partial charge >= 0.3 is 13.0 Å². The van der Waals surface area contributed by atoms with Gasteiger partial charge in [-0.25, -0.2) is 0 Å². The van der Waals surface area contributed by atoms with E-state index in [2.05, 4.69) is 4.98 Å². The summed E-state index contributed by atoms with van der Waals surface area (Å²) in [5.41, 5.74) is 2.39. The standard InChI is InChI=1S/C14H13N2O2.BH2O3.4FH/c1-17-12-5-3-4-10(8-12)11-6-7-13(16-15)14(9-11)18-2;2-1(3)4;;;;/h3-9H,1-2H3;2-3H;4*1H/q+1;-1;;;;. The normalized spacial score (nSPS) is 7.69. The first-order valence-corrected chi connectivity index (χ1v) is 6.21. The van der Waals surface area contributed by atoms with Crippen molar-refractivity contribution in [1.82, 2.24) is 0 Å². The lowest BCUT2D eigenvalue weighted by molar-refractivity contribution is -0.242. The molecule has 146 valence electrons. The van der Waals surface area contributed by atoms with Crippen molar-refractivity contribution in [1.29, 1.82) is 5.39 Å². The number of rotatable bonds is 3. The van der Waals surface area contributed by atoms with Crippen LogP contribution < -0.4 is 14.5 Å². The molecule has 12 heteroatoms. The molecule has 0 bridgehead atoms. The van der Waals surface area contributed by atoms with Crippen LogP contribution in [0.5, 0.6) is 11.5 Å². The highest BCUT2D eigenvalue weighted by Gasteiger charge is 2.15. The fourth-order valence-electron chi connectivity index (χ4n) is 1.74. The van der Waals surface area contributed by atoms with Crippen molar-refractivity contribution in [2.24, 2.45) is 0 Å². The Morgan fingerprint density at radius 1 is 0.923 bits per heavy atom. The molecular weight excluding hydrogens is 363 g/mol. The number of halogens is 4. The maximum Gasteiger partial charge on any atom is 0.426 e. The van der Waals surface area contributed by atoms with E-state index in [-0.39, 0.29) is 18.8 Å². The minimum Gasteiger partial charge on any atom is -0.832 e. The van der Waals surface area contributed by atoms with Gasteiger partial charge in [-0.05, 0) is 35.4 Å². The molecule has 7 nitrogen and oxygen atoms in total. The fraction of sp³-hybridized carbons (Fsp3) is 0.143. The number of benzene rings is 2. The Balaban J connectivity index is -0.000000276.